The molecule has 1 heterocycles. The lowest BCUT2D eigenvalue weighted by atomic mass is 10.1. The molecular formula is C24H16ClF6NO4. The van der Waals surface area contributed by atoms with E-state index in [9.17, 15) is 18.0 Å². The predicted molar refractivity (Wildman–Crippen MR) is 116 cm³/mol. The summed E-state index contributed by atoms with van der Waals surface area (Å²) in [5.74, 6) is -3.25. The van der Waals surface area contributed by atoms with Gasteiger partial charge in [0.15, 0.2) is 11.6 Å². The number of carbonyl (C=O) groups is 1. The number of benzene rings is 3. The molecule has 1 aliphatic rings. The number of amides is 1. The summed E-state index contributed by atoms with van der Waals surface area (Å²) in [6.45, 7) is -0.907. The van der Waals surface area contributed by atoms with E-state index in [-0.39, 0.29) is 17.1 Å². The molecule has 0 fully saturated rings. The maximum absolute atomic E-state index is 15.3. The van der Waals surface area contributed by atoms with Gasteiger partial charge in [-0.15, -0.1) is 13.2 Å². The first-order chi connectivity index (χ1) is 16.9. The fourth-order valence-electron chi connectivity index (χ4n) is 3.63. The first-order valence-electron chi connectivity index (χ1n) is 10.2. The van der Waals surface area contributed by atoms with Crippen molar-refractivity contribution in [3.8, 4) is 17.2 Å². The summed E-state index contributed by atoms with van der Waals surface area (Å²) < 4.78 is 96.8. The number of ether oxygens (including phenoxy) is 3. The van der Waals surface area contributed by atoms with Gasteiger partial charge in [0.05, 0.1) is 29.8 Å². The molecule has 0 aromatic heterocycles. The van der Waals surface area contributed by atoms with Crippen LogP contribution in [0.3, 0.4) is 0 Å². The van der Waals surface area contributed by atoms with E-state index in [1.807, 2.05) is 0 Å². The maximum Gasteiger partial charge on any atom is 0.573 e. The summed E-state index contributed by atoms with van der Waals surface area (Å²) in [5.41, 5.74) is -1.30. The number of fused-ring (bicyclic) bond motifs is 1. The predicted octanol–water partition coefficient (Wildman–Crippen LogP) is 6.67. The Balaban J connectivity index is 1.57. The molecule has 0 spiro atoms. The second-order valence-electron chi connectivity index (χ2n) is 7.68. The summed E-state index contributed by atoms with van der Waals surface area (Å²) in [5, 5.41) is -0.433. The van der Waals surface area contributed by atoms with Gasteiger partial charge in [-0.2, -0.15) is 8.78 Å². The smallest absolute Gasteiger partial charge is 0.497 e. The molecule has 0 radical (unpaired) electrons. The molecule has 12 heteroatoms. The molecule has 0 atom stereocenters. The Labute approximate surface area is 205 Å². The van der Waals surface area contributed by atoms with E-state index in [4.69, 9.17) is 21.1 Å². The lowest BCUT2D eigenvalue weighted by Crippen LogP contribution is -2.36. The molecule has 4 rings (SSSR count). The van der Waals surface area contributed by atoms with Gasteiger partial charge in [0.2, 0.25) is 0 Å². The van der Waals surface area contributed by atoms with Crippen molar-refractivity contribution in [2.45, 2.75) is 25.6 Å². The van der Waals surface area contributed by atoms with Gasteiger partial charge in [-0.1, -0.05) is 35.9 Å². The van der Waals surface area contributed by atoms with E-state index in [2.05, 4.69) is 4.74 Å². The molecule has 0 unspecified atom stereocenters. The zero-order chi connectivity index (χ0) is 26.3. The van der Waals surface area contributed by atoms with Crippen molar-refractivity contribution >= 4 is 17.5 Å². The van der Waals surface area contributed by atoms with Gasteiger partial charge < -0.3 is 14.2 Å². The maximum atomic E-state index is 15.3. The first-order valence-corrected chi connectivity index (χ1v) is 10.6. The molecule has 0 bridgehead atoms. The number of carbonyl (C=O) groups excluding carboxylic acids is 1. The average molecular weight is 532 g/mol. The monoisotopic (exact) mass is 531 g/mol. The molecule has 190 valence electrons. The molecular weight excluding hydrogens is 516 g/mol. The van der Waals surface area contributed by atoms with Crippen LogP contribution in [-0.4, -0.2) is 24.3 Å². The van der Waals surface area contributed by atoms with Crippen molar-refractivity contribution in [1.82, 2.24) is 4.90 Å². The van der Waals surface area contributed by atoms with Crippen LogP contribution < -0.4 is 14.2 Å². The van der Waals surface area contributed by atoms with Gasteiger partial charge in [-0.05, 0) is 35.4 Å². The highest BCUT2D eigenvalue weighted by Crippen LogP contribution is 2.48. The van der Waals surface area contributed by atoms with Gasteiger partial charge in [0.25, 0.3) is 5.91 Å². The molecule has 0 N–H and O–H groups in total. The molecule has 5 nitrogen and oxygen atoms in total. The number of hydrogen-bond donors (Lipinski definition) is 0. The van der Waals surface area contributed by atoms with Crippen molar-refractivity contribution in [3.05, 3.63) is 87.7 Å². The van der Waals surface area contributed by atoms with E-state index in [1.54, 1.807) is 24.3 Å². The lowest BCUT2D eigenvalue weighted by Gasteiger charge is -2.25. The highest BCUT2D eigenvalue weighted by atomic mass is 35.5. The van der Waals surface area contributed by atoms with Crippen LogP contribution in [0.5, 0.6) is 17.2 Å². The Bertz CT molecular complexity index is 1280. The van der Waals surface area contributed by atoms with E-state index in [0.717, 1.165) is 30.3 Å². The SMILES string of the molecule is COc1ccc(COc2cc(Cl)c3c(c2F)C(F)(F)N(Cc2ccc(OC(F)(F)F)cc2)C3=O)cc1. The number of halogens is 7. The van der Waals surface area contributed by atoms with Crippen molar-refractivity contribution < 1.29 is 45.3 Å². The second kappa shape index (κ2) is 9.45. The van der Waals surface area contributed by atoms with Crippen molar-refractivity contribution in [1.29, 1.82) is 0 Å². The minimum atomic E-state index is -4.93. The summed E-state index contributed by atoms with van der Waals surface area (Å²) in [7, 11) is 1.48. The minimum absolute atomic E-state index is 0.0536. The molecule has 36 heavy (non-hydrogen) atoms. The minimum Gasteiger partial charge on any atom is -0.497 e. The Kier molecular flexibility index (Phi) is 6.70. The Hall–Kier alpha value is -3.60. The van der Waals surface area contributed by atoms with Gasteiger partial charge >= 0.3 is 12.4 Å². The molecule has 0 aliphatic carbocycles. The number of hydrogen-bond acceptors (Lipinski definition) is 4. The average Bonchev–Trinajstić information content (AvgIpc) is 3.02. The fraction of sp³-hybridized carbons (Fsp3) is 0.208. The zero-order valence-electron chi connectivity index (χ0n) is 18.3. The van der Waals surface area contributed by atoms with Crippen LogP contribution in [0, 0.1) is 5.82 Å². The third-order valence-electron chi connectivity index (χ3n) is 5.33. The van der Waals surface area contributed by atoms with Gasteiger partial charge in [0, 0.05) is 6.07 Å². The summed E-state index contributed by atoms with van der Waals surface area (Å²) >= 11 is 6.07. The van der Waals surface area contributed by atoms with E-state index >= 15 is 13.2 Å². The van der Waals surface area contributed by atoms with Crippen LogP contribution in [-0.2, 0) is 19.2 Å². The van der Waals surface area contributed by atoms with Gasteiger partial charge in [-0.3, -0.25) is 9.69 Å². The third-order valence-corrected chi connectivity index (χ3v) is 5.63. The lowest BCUT2D eigenvalue weighted by molar-refractivity contribution is -0.274. The molecule has 3 aromatic carbocycles. The Morgan fingerprint density at radius 3 is 2.14 bits per heavy atom. The summed E-state index contributed by atoms with van der Waals surface area (Å²) in [6.07, 6.45) is -4.93. The zero-order valence-corrected chi connectivity index (χ0v) is 19.1. The molecule has 3 aromatic rings. The van der Waals surface area contributed by atoms with Crippen LogP contribution in [0.2, 0.25) is 5.02 Å². The topological polar surface area (TPSA) is 48.0 Å². The van der Waals surface area contributed by atoms with Crippen LogP contribution in [0.4, 0.5) is 26.3 Å². The number of alkyl halides is 5. The highest BCUT2D eigenvalue weighted by molar-refractivity contribution is 6.34. The van der Waals surface area contributed by atoms with E-state index in [1.165, 1.54) is 7.11 Å². The summed E-state index contributed by atoms with van der Waals surface area (Å²) in [4.78, 5) is 12.8. The Morgan fingerprint density at radius 2 is 1.56 bits per heavy atom. The molecule has 0 saturated heterocycles. The van der Waals surface area contributed by atoms with Crippen LogP contribution in [0.1, 0.15) is 27.0 Å². The number of rotatable bonds is 7. The van der Waals surface area contributed by atoms with Gasteiger partial charge in [0.1, 0.15) is 18.1 Å². The van der Waals surface area contributed by atoms with Crippen molar-refractivity contribution in [3.63, 3.8) is 0 Å². The van der Waals surface area contributed by atoms with Gasteiger partial charge in [-0.25, -0.2) is 4.39 Å². The molecule has 1 amide bonds. The standard InChI is InChI=1S/C24H16ClF6NO4/c1-34-15-6-4-14(5-7-15)12-35-18-10-17(25)19-20(21(18)26)23(27,28)32(22(19)33)11-13-2-8-16(9-3-13)36-24(29,30)31/h2-10H,11-12H2,1H3. The fourth-order valence-corrected chi connectivity index (χ4v) is 3.90. The Morgan fingerprint density at radius 1 is 0.972 bits per heavy atom. The molecule has 1 aliphatic heterocycles. The van der Waals surface area contributed by atoms with Crippen LogP contribution >= 0.6 is 11.6 Å². The van der Waals surface area contributed by atoms with Crippen LogP contribution in [0.25, 0.3) is 0 Å². The molecule has 0 saturated carbocycles. The van der Waals surface area contributed by atoms with Crippen molar-refractivity contribution in [2.24, 2.45) is 0 Å². The summed E-state index contributed by atoms with van der Waals surface area (Å²) in [6, 6.07) is 7.35. The third kappa shape index (κ3) is 5.01. The highest BCUT2D eigenvalue weighted by Gasteiger charge is 2.55. The largest absolute Gasteiger partial charge is 0.573 e. The van der Waals surface area contributed by atoms with E-state index < -0.39 is 58.3 Å². The quantitative estimate of drug-likeness (QED) is 0.252. The number of methoxy groups -OCH3 is 1. The van der Waals surface area contributed by atoms with Crippen molar-refractivity contribution in [2.75, 3.05) is 7.11 Å². The first kappa shape index (κ1) is 25.5. The number of nitrogens with zero attached hydrogens (tertiary/aromatic N) is 1. The van der Waals surface area contributed by atoms with Crippen LogP contribution in [0.15, 0.2) is 54.6 Å². The second-order valence-corrected chi connectivity index (χ2v) is 8.09. The normalized spacial score (nSPS) is 14.6. The van der Waals surface area contributed by atoms with E-state index in [0.29, 0.717) is 11.3 Å².